The van der Waals surface area contributed by atoms with Crippen LogP contribution in [0.4, 0.5) is 5.69 Å². The van der Waals surface area contributed by atoms with Gasteiger partial charge in [-0.05, 0) is 31.5 Å². The molecule has 8 nitrogen and oxygen atoms in total. The van der Waals surface area contributed by atoms with E-state index >= 15 is 0 Å². The van der Waals surface area contributed by atoms with E-state index in [-0.39, 0.29) is 11.3 Å². The van der Waals surface area contributed by atoms with Crippen LogP contribution in [0.25, 0.3) is 0 Å². The van der Waals surface area contributed by atoms with Gasteiger partial charge in [-0.1, -0.05) is 6.92 Å². The maximum atomic E-state index is 13.0. The summed E-state index contributed by atoms with van der Waals surface area (Å²) in [5.74, 6) is 0.355. The molecule has 0 saturated heterocycles. The molecule has 2 aromatic carbocycles. The summed E-state index contributed by atoms with van der Waals surface area (Å²) in [6.45, 7) is 5.35. The average molecular weight is 431 g/mol. The van der Waals surface area contributed by atoms with E-state index in [1.807, 2.05) is 13.8 Å². The van der Waals surface area contributed by atoms with E-state index in [1.54, 1.807) is 18.2 Å². The van der Waals surface area contributed by atoms with Crippen LogP contribution in [0.1, 0.15) is 46.5 Å². The van der Waals surface area contributed by atoms with E-state index in [1.165, 1.54) is 33.5 Å². The number of ether oxygens (including phenoxy) is 5. The second kappa shape index (κ2) is 11.8. The molecule has 0 unspecified atom stereocenters. The maximum absolute atomic E-state index is 13.0. The zero-order chi connectivity index (χ0) is 22.8. The number of methoxy groups -OCH3 is 3. The van der Waals surface area contributed by atoms with Crippen molar-refractivity contribution in [3.8, 4) is 17.2 Å². The highest BCUT2D eigenvalue weighted by Crippen LogP contribution is 2.34. The van der Waals surface area contributed by atoms with Crippen LogP contribution in [0.2, 0.25) is 0 Å². The van der Waals surface area contributed by atoms with Crippen molar-refractivity contribution in [2.24, 2.45) is 0 Å². The molecule has 0 heterocycles. The summed E-state index contributed by atoms with van der Waals surface area (Å²) in [5, 5.41) is 2.76. The van der Waals surface area contributed by atoms with Crippen molar-refractivity contribution in [3.63, 3.8) is 0 Å². The first-order chi connectivity index (χ1) is 15.0. The zero-order valence-electron chi connectivity index (χ0n) is 18.6. The second-order valence-electron chi connectivity index (χ2n) is 6.51. The third kappa shape index (κ3) is 6.11. The van der Waals surface area contributed by atoms with Crippen LogP contribution >= 0.6 is 0 Å². The molecule has 8 heteroatoms. The molecule has 0 radical (unpaired) electrons. The van der Waals surface area contributed by atoms with Crippen LogP contribution in [0.5, 0.6) is 17.2 Å². The van der Waals surface area contributed by atoms with Crippen LogP contribution < -0.4 is 19.5 Å². The van der Waals surface area contributed by atoms with Crippen LogP contribution in [-0.2, 0) is 16.1 Å². The molecule has 0 bridgehead atoms. The molecule has 0 atom stereocenters. The number of carbonyl (C=O) groups is 2. The third-order valence-corrected chi connectivity index (χ3v) is 4.41. The SMILES string of the molecule is CCCOCc1cc(C(=O)Nc2cc(OC)c(OC)cc2C(=O)OC)ccc1OCC. The summed E-state index contributed by atoms with van der Waals surface area (Å²) in [6.07, 6.45) is 0.889. The first kappa shape index (κ1) is 24.0. The fraction of sp³-hybridized carbons (Fsp3) is 0.391. The van der Waals surface area contributed by atoms with Gasteiger partial charge in [0.2, 0.25) is 0 Å². The lowest BCUT2D eigenvalue weighted by molar-refractivity contribution is 0.0601. The summed E-state index contributed by atoms with van der Waals surface area (Å²) < 4.78 is 26.6. The summed E-state index contributed by atoms with van der Waals surface area (Å²) >= 11 is 0. The van der Waals surface area contributed by atoms with E-state index in [2.05, 4.69) is 5.32 Å². The van der Waals surface area contributed by atoms with E-state index in [0.717, 1.165) is 12.0 Å². The number of amides is 1. The Morgan fingerprint density at radius 1 is 0.935 bits per heavy atom. The molecule has 0 spiro atoms. The Hall–Kier alpha value is -3.26. The second-order valence-corrected chi connectivity index (χ2v) is 6.51. The maximum Gasteiger partial charge on any atom is 0.340 e. The van der Waals surface area contributed by atoms with Gasteiger partial charge in [0.1, 0.15) is 5.75 Å². The molecule has 0 aliphatic carbocycles. The first-order valence-electron chi connectivity index (χ1n) is 9.98. The van der Waals surface area contributed by atoms with E-state index in [0.29, 0.717) is 42.6 Å². The molecule has 0 aliphatic heterocycles. The Morgan fingerprint density at radius 2 is 1.65 bits per heavy atom. The number of esters is 1. The quantitative estimate of drug-likeness (QED) is 0.423. The number of hydrogen-bond donors (Lipinski definition) is 1. The number of nitrogens with one attached hydrogen (secondary N) is 1. The van der Waals surface area contributed by atoms with Crippen molar-refractivity contribution in [1.29, 1.82) is 0 Å². The van der Waals surface area contributed by atoms with E-state index in [9.17, 15) is 9.59 Å². The smallest absolute Gasteiger partial charge is 0.340 e. The molecule has 0 fully saturated rings. The van der Waals surface area contributed by atoms with Gasteiger partial charge in [-0.15, -0.1) is 0 Å². The molecule has 0 aliphatic rings. The molecule has 31 heavy (non-hydrogen) atoms. The highest BCUT2D eigenvalue weighted by molar-refractivity contribution is 6.08. The summed E-state index contributed by atoms with van der Waals surface area (Å²) in [4.78, 5) is 25.2. The summed E-state index contributed by atoms with van der Waals surface area (Å²) in [7, 11) is 4.19. The van der Waals surface area contributed by atoms with Crippen molar-refractivity contribution < 1.29 is 33.3 Å². The molecule has 1 amide bonds. The Bertz CT molecular complexity index is 911. The standard InChI is InChI=1S/C23H29NO7/c1-6-10-30-14-16-11-15(8-9-19(16)31-7-2)22(25)24-18-13-21(28-4)20(27-3)12-17(18)23(26)29-5/h8-9,11-13H,6-7,10,14H2,1-5H3,(H,24,25). The fourth-order valence-electron chi connectivity index (χ4n) is 2.91. The highest BCUT2D eigenvalue weighted by Gasteiger charge is 2.20. The van der Waals surface area contributed by atoms with Crippen LogP contribution in [0.15, 0.2) is 30.3 Å². The van der Waals surface area contributed by atoms with E-state index in [4.69, 9.17) is 23.7 Å². The molecule has 2 rings (SSSR count). The molecule has 0 saturated carbocycles. The van der Waals surface area contributed by atoms with Crippen molar-refractivity contribution in [3.05, 3.63) is 47.0 Å². The Kier molecular flexibility index (Phi) is 9.14. The van der Waals surface area contributed by atoms with Crippen molar-refractivity contribution >= 4 is 17.6 Å². The third-order valence-electron chi connectivity index (χ3n) is 4.41. The number of benzene rings is 2. The van der Waals surface area contributed by atoms with E-state index < -0.39 is 11.9 Å². The number of carbonyl (C=O) groups excluding carboxylic acids is 2. The van der Waals surface area contributed by atoms with Gasteiger partial charge in [0.25, 0.3) is 5.91 Å². The lowest BCUT2D eigenvalue weighted by Gasteiger charge is -2.16. The average Bonchev–Trinajstić information content (AvgIpc) is 2.79. The van der Waals surface area contributed by atoms with Gasteiger partial charge in [-0.25, -0.2) is 4.79 Å². The normalized spacial score (nSPS) is 10.4. The lowest BCUT2D eigenvalue weighted by atomic mass is 10.1. The molecular formula is C23H29NO7. The zero-order valence-corrected chi connectivity index (χ0v) is 18.6. The van der Waals surface area contributed by atoms with Crippen molar-refractivity contribution in [2.45, 2.75) is 26.9 Å². The van der Waals surface area contributed by atoms with Gasteiger partial charge in [0, 0.05) is 29.9 Å². The van der Waals surface area contributed by atoms with Crippen LogP contribution in [-0.4, -0.2) is 46.4 Å². The van der Waals surface area contributed by atoms with Crippen molar-refractivity contribution in [1.82, 2.24) is 0 Å². The minimum atomic E-state index is -0.614. The molecular weight excluding hydrogens is 402 g/mol. The largest absolute Gasteiger partial charge is 0.494 e. The fourth-order valence-corrected chi connectivity index (χ4v) is 2.91. The Morgan fingerprint density at radius 3 is 2.26 bits per heavy atom. The minimum absolute atomic E-state index is 0.144. The van der Waals surface area contributed by atoms with Gasteiger partial charge in [-0.3, -0.25) is 4.79 Å². The van der Waals surface area contributed by atoms with Crippen LogP contribution in [0.3, 0.4) is 0 Å². The van der Waals surface area contributed by atoms with Crippen LogP contribution in [0, 0.1) is 0 Å². The van der Waals surface area contributed by atoms with Gasteiger partial charge < -0.3 is 29.0 Å². The van der Waals surface area contributed by atoms with Crippen molar-refractivity contribution in [2.75, 3.05) is 39.9 Å². The predicted octanol–water partition coefficient (Wildman–Crippen LogP) is 4.07. The molecule has 1 N–H and O–H groups in total. The summed E-state index contributed by atoms with van der Waals surface area (Å²) in [6, 6.07) is 8.08. The van der Waals surface area contributed by atoms with Gasteiger partial charge in [-0.2, -0.15) is 0 Å². The van der Waals surface area contributed by atoms with Gasteiger partial charge >= 0.3 is 5.97 Å². The lowest BCUT2D eigenvalue weighted by Crippen LogP contribution is -2.16. The molecule has 168 valence electrons. The minimum Gasteiger partial charge on any atom is -0.494 e. The summed E-state index contributed by atoms with van der Waals surface area (Å²) in [5.41, 5.74) is 1.55. The topological polar surface area (TPSA) is 92.3 Å². The number of rotatable bonds is 11. The Balaban J connectivity index is 2.37. The predicted molar refractivity (Wildman–Crippen MR) is 116 cm³/mol. The molecule has 2 aromatic rings. The first-order valence-corrected chi connectivity index (χ1v) is 9.98. The number of anilines is 1. The monoisotopic (exact) mass is 431 g/mol. The molecule has 0 aromatic heterocycles. The Labute approximate surface area is 182 Å². The van der Waals surface area contributed by atoms with Gasteiger partial charge in [0.05, 0.1) is 45.8 Å². The highest BCUT2D eigenvalue weighted by atomic mass is 16.5. The number of hydrogen-bond acceptors (Lipinski definition) is 7. The van der Waals surface area contributed by atoms with Gasteiger partial charge in [0.15, 0.2) is 11.5 Å².